The number of fused-ring (bicyclic) bond motifs is 2. The minimum Gasteiger partial charge on any atom is -0.348 e. The van der Waals surface area contributed by atoms with Crippen LogP contribution in [0.15, 0.2) is 48.7 Å². The molecule has 3 heterocycles. The van der Waals surface area contributed by atoms with Crippen molar-refractivity contribution in [3.63, 3.8) is 0 Å². The molecule has 1 aliphatic heterocycles. The number of aromatic nitrogens is 3. The maximum absolute atomic E-state index is 15.1. The van der Waals surface area contributed by atoms with Crippen molar-refractivity contribution in [2.75, 3.05) is 0 Å². The number of rotatable bonds is 9. The molecule has 7 rings (SSSR count). The molecule has 0 unspecified atom stereocenters. The number of hydrogen-bond acceptors (Lipinski definition) is 4. The van der Waals surface area contributed by atoms with Gasteiger partial charge in [0.2, 0.25) is 0 Å². The average Bonchev–Trinajstić information content (AvgIpc) is 3.70. The lowest BCUT2D eigenvalue weighted by molar-refractivity contribution is -0.121. The number of pyridine rings is 1. The van der Waals surface area contributed by atoms with E-state index in [-0.39, 0.29) is 34.2 Å². The first-order valence-corrected chi connectivity index (χ1v) is 16.2. The fraction of sp³-hybridized carbons (Fsp3) is 0.351. The predicted octanol–water partition coefficient (Wildman–Crippen LogP) is 8.13. The highest BCUT2D eigenvalue weighted by Gasteiger charge is 2.55. The summed E-state index contributed by atoms with van der Waals surface area (Å²) < 4.78 is 116. The normalized spacial score (nSPS) is 17.7. The molecule has 4 aromatic rings. The molecule has 0 radical (unpaired) electrons. The van der Waals surface area contributed by atoms with Gasteiger partial charge in [0.25, 0.3) is 24.2 Å². The number of hydrogen-bond donors (Lipinski definition) is 1. The van der Waals surface area contributed by atoms with E-state index in [1.165, 1.54) is 6.20 Å². The van der Waals surface area contributed by atoms with E-state index in [0.717, 1.165) is 30.5 Å². The van der Waals surface area contributed by atoms with Crippen LogP contribution in [0.25, 0.3) is 11.1 Å². The summed E-state index contributed by atoms with van der Waals surface area (Å²) in [7, 11) is 0. The van der Waals surface area contributed by atoms with E-state index in [2.05, 4.69) is 27.2 Å². The molecule has 0 bridgehead atoms. The summed E-state index contributed by atoms with van der Waals surface area (Å²) in [5.74, 6) is -5.52. The van der Waals surface area contributed by atoms with E-state index >= 15 is 8.78 Å². The molecule has 6 nitrogen and oxygen atoms in total. The summed E-state index contributed by atoms with van der Waals surface area (Å²) in [6.45, 7) is -0.738. The summed E-state index contributed by atoms with van der Waals surface area (Å²) in [6, 6.07) is 9.59. The van der Waals surface area contributed by atoms with Crippen LogP contribution in [0.2, 0.25) is 0 Å². The summed E-state index contributed by atoms with van der Waals surface area (Å²) in [5, 5.41) is 6.12. The Kier molecular flexibility index (Phi) is 8.71. The number of ketones is 1. The van der Waals surface area contributed by atoms with E-state index < -0.39 is 84.4 Å². The molecule has 3 aliphatic rings. The first-order chi connectivity index (χ1) is 24.2. The quantitative estimate of drug-likeness (QED) is 0.141. The number of amides is 1. The van der Waals surface area contributed by atoms with Gasteiger partial charge >= 0.3 is 0 Å². The molecule has 14 heteroatoms. The summed E-state index contributed by atoms with van der Waals surface area (Å²) in [4.78, 5) is 30.9. The number of nitrogens with one attached hydrogen (secondary N) is 1. The molecular formula is C37H28F8N4O2. The second-order valence-corrected chi connectivity index (χ2v) is 13.2. The molecule has 1 atom stereocenters. The number of carbonyl (C=O) groups excluding carboxylic acids is 2. The molecule has 1 saturated carbocycles. The highest BCUT2D eigenvalue weighted by atomic mass is 19.3. The van der Waals surface area contributed by atoms with Crippen molar-refractivity contribution < 1.29 is 44.7 Å². The third-order valence-corrected chi connectivity index (χ3v) is 9.26. The van der Waals surface area contributed by atoms with Crippen molar-refractivity contribution in [2.24, 2.45) is 5.92 Å². The maximum atomic E-state index is 15.1. The van der Waals surface area contributed by atoms with Crippen LogP contribution in [-0.4, -0.2) is 26.5 Å². The maximum Gasteiger partial charge on any atom is 0.290 e. The van der Waals surface area contributed by atoms with E-state index in [4.69, 9.17) is 0 Å². The Morgan fingerprint density at radius 2 is 1.69 bits per heavy atom. The number of Topliss-reactive ketones (excluding diaryl/α,β-unsaturated/α-hetero) is 1. The average molecular weight is 713 g/mol. The van der Waals surface area contributed by atoms with Gasteiger partial charge in [-0.3, -0.25) is 19.3 Å². The Labute approximate surface area is 286 Å². The van der Waals surface area contributed by atoms with Crippen molar-refractivity contribution in [1.82, 2.24) is 20.1 Å². The number of halogens is 8. The Balaban J connectivity index is 1.31. The van der Waals surface area contributed by atoms with Gasteiger partial charge in [-0.1, -0.05) is 24.0 Å². The van der Waals surface area contributed by atoms with Gasteiger partial charge in [-0.05, 0) is 60.2 Å². The van der Waals surface area contributed by atoms with Crippen LogP contribution in [-0.2, 0) is 36.1 Å². The fourth-order valence-electron chi connectivity index (χ4n) is 6.72. The monoisotopic (exact) mass is 712 g/mol. The highest BCUT2D eigenvalue weighted by Crippen LogP contribution is 2.52. The van der Waals surface area contributed by atoms with Gasteiger partial charge in [0.15, 0.2) is 5.78 Å². The lowest BCUT2D eigenvalue weighted by Crippen LogP contribution is -2.33. The van der Waals surface area contributed by atoms with Crippen molar-refractivity contribution in [3.05, 3.63) is 105 Å². The van der Waals surface area contributed by atoms with Gasteiger partial charge in [-0.25, -0.2) is 26.3 Å². The van der Waals surface area contributed by atoms with Gasteiger partial charge in [0.1, 0.15) is 29.6 Å². The van der Waals surface area contributed by atoms with E-state index in [0.29, 0.717) is 34.9 Å². The van der Waals surface area contributed by atoms with Crippen molar-refractivity contribution in [3.8, 4) is 23.0 Å². The van der Waals surface area contributed by atoms with Crippen LogP contribution in [0, 0.1) is 29.4 Å². The fourth-order valence-corrected chi connectivity index (χ4v) is 6.72. The summed E-state index contributed by atoms with van der Waals surface area (Å²) >= 11 is 0. The largest absolute Gasteiger partial charge is 0.348 e. The number of benzene rings is 2. The number of alkyl halides is 6. The lowest BCUT2D eigenvalue weighted by Gasteiger charge is -2.29. The number of nitrogens with zero attached hydrogens (tertiary/aromatic N) is 3. The van der Waals surface area contributed by atoms with E-state index in [1.54, 1.807) is 24.3 Å². The van der Waals surface area contributed by atoms with Crippen LogP contribution in [0.1, 0.15) is 94.1 Å². The lowest BCUT2D eigenvalue weighted by atomic mass is 9.85. The van der Waals surface area contributed by atoms with Crippen LogP contribution < -0.4 is 5.32 Å². The molecule has 2 aromatic carbocycles. The Morgan fingerprint density at radius 1 is 0.961 bits per heavy atom. The molecule has 2 aliphatic carbocycles. The molecule has 2 aromatic heterocycles. The molecule has 0 saturated heterocycles. The van der Waals surface area contributed by atoms with Crippen LogP contribution >= 0.6 is 0 Å². The smallest absolute Gasteiger partial charge is 0.290 e. The zero-order chi connectivity index (χ0) is 36.2. The molecule has 1 amide bonds. The number of carbonyl (C=O) groups is 2. The molecule has 1 fully saturated rings. The topological polar surface area (TPSA) is 76.9 Å². The van der Waals surface area contributed by atoms with E-state index in [1.807, 2.05) is 0 Å². The predicted molar refractivity (Wildman–Crippen MR) is 167 cm³/mol. The third-order valence-electron chi connectivity index (χ3n) is 9.26. The van der Waals surface area contributed by atoms with Crippen molar-refractivity contribution in [1.29, 1.82) is 0 Å². The van der Waals surface area contributed by atoms with Crippen molar-refractivity contribution in [2.45, 2.75) is 75.8 Å². The molecule has 51 heavy (non-hydrogen) atoms. The zero-order valence-corrected chi connectivity index (χ0v) is 26.7. The van der Waals surface area contributed by atoms with E-state index in [9.17, 15) is 35.9 Å². The van der Waals surface area contributed by atoms with Gasteiger partial charge in [-0.2, -0.15) is 13.9 Å². The summed E-state index contributed by atoms with van der Waals surface area (Å²) in [5.41, 5.74) is -1.60. The zero-order valence-electron chi connectivity index (χ0n) is 26.7. The standard InChI is InChI=1S/C37H28F8N4O2/c38-25-10-21(11-26(39)15-25)9-24(13-27(50)18-49-33-30(32(48-49)34(40)41)36(42,43)7-8-37(33,44)45)31-28(12-20(16-46-31)4-3-19-1-2-19)22-5-6-23-17-47-35(51)29(23)14-22/h5-6,10-12,14-16,19,24,34H,1-2,7-9,13,17-18H2,(H,47,51)/t24-/m1/s1. The van der Waals surface area contributed by atoms with Crippen molar-refractivity contribution >= 4 is 11.7 Å². The van der Waals surface area contributed by atoms with Gasteiger partial charge < -0.3 is 5.32 Å². The highest BCUT2D eigenvalue weighted by molar-refractivity contribution is 5.99. The van der Waals surface area contributed by atoms with Crippen LogP contribution in [0.4, 0.5) is 35.1 Å². The third kappa shape index (κ3) is 6.98. The molecule has 0 spiro atoms. The second kappa shape index (κ2) is 12.9. The Hall–Kier alpha value is -5.06. The first kappa shape index (κ1) is 34.4. The van der Waals surface area contributed by atoms with Crippen LogP contribution in [0.3, 0.4) is 0 Å². The van der Waals surface area contributed by atoms with Crippen LogP contribution in [0.5, 0.6) is 0 Å². The minimum atomic E-state index is -4.02. The minimum absolute atomic E-state index is 0.117. The molecule has 1 N–H and O–H groups in total. The SMILES string of the molecule is O=C(C[C@@H](Cc1cc(F)cc(F)c1)c1ncc(C#CC2CC2)cc1-c1ccc2c(c1)C(=O)NC2)Cn1nc(C(F)F)c2c1C(F)(F)CCC2(F)F. The van der Waals surface area contributed by atoms with Gasteiger partial charge in [0.05, 0.1) is 11.3 Å². The summed E-state index contributed by atoms with van der Waals surface area (Å²) in [6.07, 6.45) is -3.70. The van der Waals surface area contributed by atoms with Gasteiger partial charge in [-0.15, -0.1) is 0 Å². The van der Waals surface area contributed by atoms with Gasteiger partial charge in [0, 0.05) is 66.6 Å². The Bertz CT molecular complexity index is 2110. The first-order valence-electron chi connectivity index (χ1n) is 16.2. The molecular weight excluding hydrogens is 684 g/mol. The second-order valence-electron chi connectivity index (χ2n) is 13.2. The molecule has 264 valence electrons. The Morgan fingerprint density at radius 3 is 2.39 bits per heavy atom.